The molecule has 1 saturated carbocycles. The van der Waals surface area contributed by atoms with Crippen LogP contribution in [0.3, 0.4) is 0 Å². The fraction of sp³-hybridized carbons (Fsp3) is 0.500. The average Bonchev–Trinajstić information content (AvgIpc) is 2.91. The molecular formula is C14H16INO2. The maximum Gasteiger partial charge on any atom is 0.253 e. The first-order valence-electron chi connectivity index (χ1n) is 6.38. The van der Waals surface area contributed by atoms with Gasteiger partial charge in [-0.05, 0) is 59.5 Å². The normalized spacial score (nSPS) is 30.6. The van der Waals surface area contributed by atoms with Crippen LogP contribution in [0.2, 0.25) is 0 Å². The molecule has 1 aromatic rings. The van der Waals surface area contributed by atoms with Gasteiger partial charge in [-0.3, -0.25) is 4.79 Å². The van der Waals surface area contributed by atoms with Crippen LogP contribution < -0.4 is 0 Å². The molecule has 3 rings (SSSR count). The molecule has 1 saturated heterocycles. The number of halogens is 1. The monoisotopic (exact) mass is 357 g/mol. The minimum Gasteiger partial charge on any atom is -0.393 e. The van der Waals surface area contributed by atoms with Crippen LogP contribution in [0.15, 0.2) is 24.3 Å². The van der Waals surface area contributed by atoms with Crippen molar-refractivity contribution >= 4 is 28.5 Å². The summed E-state index contributed by atoms with van der Waals surface area (Å²) in [5.74, 6) is 0.915. The molecule has 3 atom stereocenters. The molecule has 1 aromatic carbocycles. The highest BCUT2D eigenvalue weighted by Gasteiger charge is 2.43. The third kappa shape index (κ3) is 2.16. The van der Waals surface area contributed by atoms with E-state index in [4.69, 9.17) is 0 Å². The summed E-state index contributed by atoms with van der Waals surface area (Å²) in [6.45, 7) is 1.53. The van der Waals surface area contributed by atoms with E-state index >= 15 is 0 Å². The lowest BCUT2D eigenvalue weighted by Gasteiger charge is -2.18. The maximum absolute atomic E-state index is 12.4. The molecule has 4 heteroatoms. The van der Waals surface area contributed by atoms with Gasteiger partial charge in [0.25, 0.3) is 5.91 Å². The highest BCUT2D eigenvalue weighted by atomic mass is 127. The van der Waals surface area contributed by atoms with Crippen LogP contribution in [0.5, 0.6) is 0 Å². The van der Waals surface area contributed by atoms with Gasteiger partial charge in [0.15, 0.2) is 0 Å². The first-order valence-corrected chi connectivity index (χ1v) is 7.46. The Morgan fingerprint density at radius 1 is 1.33 bits per heavy atom. The number of benzene rings is 1. The summed E-state index contributed by atoms with van der Waals surface area (Å²) in [5.41, 5.74) is 0.761. The van der Waals surface area contributed by atoms with Gasteiger partial charge in [-0.1, -0.05) is 6.07 Å². The van der Waals surface area contributed by atoms with Crippen LogP contribution in [-0.4, -0.2) is 35.1 Å². The second-order valence-electron chi connectivity index (χ2n) is 5.29. The Kier molecular flexibility index (Phi) is 3.32. The second kappa shape index (κ2) is 4.81. The minimum absolute atomic E-state index is 0.107. The van der Waals surface area contributed by atoms with Crippen molar-refractivity contribution in [1.82, 2.24) is 4.90 Å². The van der Waals surface area contributed by atoms with Crippen molar-refractivity contribution in [2.45, 2.75) is 18.9 Å². The van der Waals surface area contributed by atoms with Crippen LogP contribution in [0.1, 0.15) is 23.2 Å². The van der Waals surface area contributed by atoms with Crippen LogP contribution in [0, 0.1) is 15.4 Å². The lowest BCUT2D eigenvalue weighted by Crippen LogP contribution is -2.31. The molecule has 0 aromatic heterocycles. The van der Waals surface area contributed by atoms with Crippen LogP contribution in [-0.2, 0) is 0 Å². The van der Waals surface area contributed by atoms with Crippen molar-refractivity contribution in [3.63, 3.8) is 0 Å². The Hall–Kier alpha value is -0.620. The highest BCUT2D eigenvalue weighted by molar-refractivity contribution is 14.1. The summed E-state index contributed by atoms with van der Waals surface area (Å²) in [6.07, 6.45) is 1.76. The topological polar surface area (TPSA) is 40.5 Å². The standard InChI is InChI=1S/C14H16INO2/c15-11-3-1-2-9(6-11)14(18)16-7-10-4-5-13(17)12(10)8-16/h1-3,6,10,12-13,17H,4-5,7-8H2. The van der Waals surface area contributed by atoms with Crippen molar-refractivity contribution < 1.29 is 9.90 Å². The van der Waals surface area contributed by atoms with Gasteiger partial charge in [-0.25, -0.2) is 0 Å². The molecule has 0 spiro atoms. The zero-order chi connectivity index (χ0) is 12.7. The van der Waals surface area contributed by atoms with Crippen LogP contribution in [0.4, 0.5) is 0 Å². The highest BCUT2D eigenvalue weighted by Crippen LogP contribution is 2.38. The number of rotatable bonds is 1. The van der Waals surface area contributed by atoms with Gasteiger partial charge in [0.05, 0.1) is 6.10 Å². The van der Waals surface area contributed by atoms with E-state index in [0.29, 0.717) is 11.8 Å². The molecule has 2 fully saturated rings. The first kappa shape index (κ1) is 12.4. The molecule has 1 amide bonds. The lowest BCUT2D eigenvalue weighted by atomic mass is 10.00. The fourth-order valence-corrected chi connectivity index (χ4v) is 3.75. The Balaban J connectivity index is 1.75. The van der Waals surface area contributed by atoms with Gasteiger partial charge < -0.3 is 10.0 Å². The van der Waals surface area contributed by atoms with E-state index in [9.17, 15) is 9.90 Å². The van der Waals surface area contributed by atoms with E-state index in [0.717, 1.165) is 35.1 Å². The third-order valence-electron chi connectivity index (χ3n) is 4.18. The number of likely N-dealkylation sites (tertiary alicyclic amines) is 1. The summed E-state index contributed by atoms with van der Waals surface area (Å²) < 4.78 is 1.08. The van der Waals surface area contributed by atoms with Crippen molar-refractivity contribution in [2.24, 2.45) is 11.8 Å². The van der Waals surface area contributed by atoms with Gasteiger partial charge in [-0.15, -0.1) is 0 Å². The van der Waals surface area contributed by atoms with Crippen molar-refractivity contribution in [3.05, 3.63) is 33.4 Å². The molecule has 3 unspecified atom stereocenters. The third-order valence-corrected chi connectivity index (χ3v) is 4.85. The molecule has 1 aliphatic heterocycles. The quantitative estimate of drug-likeness (QED) is 0.783. The number of hydrogen-bond donors (Lipinski definition) is 1. The van der Waals surface area contributed by atoms with Crippen molar-refractivity contribution in [3.8, 4) is 0 Å². The van der Waals surface area contributed by atoms with E-state index in [1.54, 1.807) is 0 Å². The summed E-state index contributed by atoms with van der Waals surface area (Å²) in [5, 5.41) is 9.87. The zero-order valence-corrected chi connectivity index (χ0v) is 12.2. The molecule has 3 nitrogen and oxygen atoms in total. The Bertz CT molecular complexity index is 477. The van der Waals surface area contributed by atoms with Crippen LogP contribution in [0.25, 0.3) is 0 Å². The predicted octanol–water partition coefficient (Wildman–Crippen LogP) is 2.13. The van der Waals surface area contributed by atoms with Crippen LogP contribution >= 0.6 is 22.6 Å². The second-order valence-corrected chi connectivity index (χ2v) is 6.53. The molecule has 1 aliphatic carbocycles. The minimum atomic E-state index is -0.205. The Morgan fingerprint density at radius 3 is 2.89 bits per heavy atom. The number of hydrogen-bond acceptors (Lipinski definition) is 2. The van der Waals surface area contributed by atoms with Gasteiger partial charge in [0.2, 0.25) is 0 Å². The Morgan fingerprint density at radius 2 is 2.17 bits per heavy atom. The molecule has 0 radical (unpaired) electrons. The van der Waals surface area contributed by atoms with E-state index in [1.807, 2.05) is 29.2 Å². The van der Waals surface area contributed by atoms with E-state index in [-0.39, 0.29) is 12.0 Å². The van der Waals surface area contributed by atoms with Gasteiger partial charge >= 0.3 is 0 Å². The Labute approximate surface area is 120 Å². The number of aliphatic hydroxyl groups excluding tert-OH is 1. The van der Waals surface area contributed by atoms with Gasteiger partial charge in [0, 0.05) is 28.1 Å². The molecule has 1 N–H and O–H groups in total. The maximum atomic E-state index is 12.4. The molecule has 1 heterocycles. The fourth-order valence-electron chi connectivity index (χ4n) is 3.21. The smallest absolute Gasteiger partial charge is 0.253 e. The zero-order valence-electron chi connectivity index (χ0n) is 10.1. The van der Waals surface area contributed by atoms with Crippen molar-refractivity contribution in [1.29, 1.82) is 0 Å². The number of amides is 1. The number of nitrogens with zero attached hydrogens (tertiary/aromatic N) is 1. The number of carbonyl (C=O) groups is 1. The average molecular weight is 357 g/mol. The molecule has 96 valence electrons. The largest absolute Gasteiger partial charge is 0.393 e. The SMILES string of the molecule is O=C(c1cccc(I)c1)N1CC2CCC(O)C2C1. The van der Waals surface area contributed by atoms with Crippen molar-refractivity contribution in [2.75, 3.05) is 13.1 Å². The van der Waals surface area contributed by atoms with Gasteiger partial charge in [-0.2, -0.15) is 0 Å². The molecule has 2 aliphatic rings. The first-order chi connectivity index (χ1) is 8.65. The number of carbonyl (C=O) groups excluding carboxylic acids is 1. The van der Waals surface area contributed by atoms with Gasteiger partial charge in [0.1, 0.15) is 0 Å². The van der Waals surface area contributed by atoms with E-state index in [2.05, 4.69) is 22.6 Å². The summed E-state index contributed by atoms with van der Waals surface area (Å²) in [6, 6.07) is 7.70. The predicted molar refractivity (Wildman–Crippen MR) is 77.3 cm³/mol. The van der Waals surface area contributed by atoms with E-state index < -0.39 is 0 Å². The number of fused-ring (bicyclic) bond motifs is 1. The summed E-state index contributed by atoms with van der Waals surface area (Å²) in [4.78, 5) is 14.3. The molecular weight excluding hydrogens is 341 g/mol. The molecule has 0 bridgehead atoms. The molecule has 18 heavy (non-hydrogen) atoms. The van der Waals surface area contributed by atoms with E-state index in [1.165, 1.54) is 0 Å². The number of aliphatic hydroxyl groups is 1. The lowest BCUT2D eigenvalue weighted by molar-refractivity contribution is 0.0752. The summed E-state index contributed by atoms with van der Waals surface area (Å²) in [7, 11) is 0. The summed E-state index contributed by atoms with van der Waals surface area (Å²) >= 11 is 2.22.